The normalized spacial score (nSPS) is 20.1. The highest BCUT2D eigenvalue weighted by molar-refractivity contribution is 5.47. The highest BCUT2D eigenvalue weighted by Gasteiger charge is 2.21. The van der Waals surface area contributed by atoms with E-state index in [2.05, 4.69) is 17.9 Å². The highest BCUT2D eigenvalue weighted by Crippen LogP contribution is 2.31. The van der Waals surface area contributed by atoms with Gasteiger partial charge in [-0.05, 0) is 49.6 Å². The van der Waals surface area contributed by atoms with E-state index in [1.807, 2.05) is 6.07 Å². The van der Waals surface area contributed by atoms with Crippen LogP contribution in [-0.4, -0.2) is 43.4 Å². The summed E-state index contributed by atoms with van der Waals surface area (Å²) in [6.45, 7) is 4.26. The second kappa shape index (κ2) is 7.66. The molecule has 1 fully saturated rings. The smallest absolute Gasteiger partial charge is 0.161 e. The van der Waals surface area contributed by atoms with Crippen LogP contribution in [0.1, 0.15) is 36.8 Å². The molecular formula is C17H27NO3. The standard InChI is InChI=1S/C17H27NO3/c1-13-9-16(20-2)17(21-3)10-14(13)11-18-8-6-4-5-7-15(18)12-19/h9-10,15,19H,4-8,11-12H2,1-3H3. The molecule has 1 saturated heterocycles. The van der Waals surface area contributed by atoms with E-state index in [4.69, 9.17) is 9.47 Å². The lowest BCUT2D eigenvalue weighted by atomic mass is 10.1. The molecule has 0 bridgehead atoms. The summed E-state index contributed by atoms with van der Waals surface area (Å²) in [5.74, 6) is 1.54. The Kier molecular flexibility index (Phi) is 5.88. The van der Waals surface area contributed by atoms with Gasteiger partial charge < -0.3 is 14.6 Å². The van der Waals surface area contributed by atoms with E-state index >= 15 is 0 Å². The first-order chi connectivity index (χ1) is 10.2. The summed E-state index contributed by atoms with van der Waals surface area (Å²) in [5, 5.41) is 9.63. The van der Waals surface area contributed by atoms with Crippen molar-refractivity contribution in [2.24, 2.45) is 0 Å². The molecule has 1 aromatic rings. The summed E-state index contributed by atoms with van der Waals surface area (Å²) in [6.07, 6.45) is 4.77. The minimum absolute atomic E-state index is 0.242. The zero-order chi connectivity index (χ0) is 15.2. The molecule has 2 rings (SSSR count). The van der Waals surface area contributed by atoms with Gasteiger partial charge in [-0.1, -0.05) is 12.8 Å². The third-order valence-corrected chi connectivity index (χ3v) is 4.43. The van der Waals surface area contributed by atoms with Crippen molar-refractivity contribution < 1.29 is 14.6 Å². The molecule has 0 saturated carbocycles. The molecule has 0 spiro atoms. The number of nitrogens with zero attached hydrogens (tertiary/aromatic N) is 1. The largest absolute Gasteiger partial charge is 0.493 e. The van der Waals surface area contributed by atoms with Crippen LogP contribution in [0.15, 0.2) is 12.1 Å². The second-order valence-electron chi connectivity index (χ2n) is 5.79. The Bertz CT molecular complexity index is 462. The summed E-state index contributed by atoms with van der Waals surface area (Å²) in [4.78, 5) is 2.40. The number of hydrogen-bond acceptors (Lipinski definition) is 4. The molecule has 1 aliphatic rings. The van der Waals surface area contributed by atoms with Crippen LogP contribution in [0, 0.1) is 6.92 Å². The summed E-state index contributed by atoms with van der Waals surface area (Å²) < 4.78 is 10.8. The van der Waals surface area contributed by atoms with Gasteiger partial charge in [0.25, 0.3) is 0 Å². The fourth-order valence-corrected chi connectivity index (χ4v) is 3.06. The van der Waals surface area contributed by atoms with Crippen LogP contribution in [0.3, 0.4) is 0 Å². The molecule has 4 nitrogen and oxygen atoms in total. The van der Waals surface area contributed by atoms with Crippen LogP contribution in [0.5, 0.6) is 11.5 Å². The Balaban J connectivity index is 2.20. The minimum atomic E-state index is 0.242. The minimum Gasteiger partial charge on any atom is -0.493 e. The van der Waals surface area contributed by atoms with Crippen molar-refractivity contribution >= 4 is 0 Å². The third-order valence-electron chi connectivity index (χ3n) is 4.43. The number of rotatable bonds is 5. The number of hydrogen-bond donors (Lipinski definition) is 1. The number of benzene rings is 1. The first-order valence-electron chi connectivity index (χ1n) is 7.76. The molecule has 1 aromatic carbocycles. The van der Waals surface area contributed by atoms with Crippen LogP contribution >= 0.6 is 0 Å². The third kappa shape index (κ3) is 3.89. The van der Waals surface area contributed by atoms with Gasteiger partial charge in [0.05, 0.1) is 20.8 Å². The molecule has 1 heterocycles. The summed E-state index contributed by atoms with van der Waals surface area (Å²) in [7, 11) is 3.33. The van der Waals surface area contributed by atoms with Gasteiger partial charge in [0.15, 0.2) is 11.5 Å². The van der Waals surface area contributed by atoms with Gasteiger partial charge in [0, 0.05) is 12.6 Å². The van der Waals surface area contributed by atoms with Crippen molar-refractivity contribution in [3.8, 4) is 11.5 Å². The molecule has 1 N–H and O–H groups in total. The van der Waals surface area contributed by atoms with E-state index < -0.39 is 0 Å². The van der Waals surface area contributed by atoms with E-state index in [1.165, 1.54) is 30.4 Å². The fraction of sp³-hybridized carbons (Fsp3) is 0.647. The predicted octanol–water partition coefficient (Wildman–Crippen LogP) is 2.75. The quantitative estimate of drug-likeness (QED) is 0.906. The van der Waals surface area contributed by atoms with Gasteiger partial charge in [0.2, 0.25) is 0 Å². The molecule has 1 atom stereocenters. The van der Waals surface area contributed by atoms with Gasteiger partial charge in [-0.3, -0.25) is 4.90 Å². The maximum absolute atomic E-state index is 9.63. The van der Waals surface area contributed by atoms with E-state index in [-0.39, 0.29) is 12.6 Å². The predicted molar refractivity (Wildman–Crippen MR) is 84.0 cm³/mol. The summed E-state index contributed by atoms with van der Waals surface area (Å²) in [5.41, 5.74) is 2.45. The van der Waals surface area contributed by atoms with Crippen molar-refractivity contribution in [1.29, 1.82) is 0 Å². The molecule has 21 heavy (non-hydrogen) atoms. The van der Waals surface area contributed by atoms with Crippen molar-refractivity contribution in [3.63, 3.8) is 0 Å². The fourth-order valence-electron chi connectivity index (χ4n) is 3.06. The molecule has 0 aliphatic carbocycles. The van der Waals surface area contributed by atoms with Crippen LogP contribution in [-0.2, 0) is 6.54 Å². The molecule has 4 heteroatoms. The average molecular weight is 293 g/mol. The number of aliphatic hydroxyl groups excluding tert-OH is 1. The van der Waals surface area contributed by atoms with E-state index in [1.54, 1.807) is 14.2 Å². The van der Waals surface area contributed by atoms with Crippen molar-refractivity contribution in [3.05, 3.63) is 23.3 Å². The first kappa shape index (κ1) is 16.1. The zero-order valence-corrected chi connectivity index (χ0v) is 13.4. The Labute approximate surface area is 127 Å². The number of ether oxygens (including phenoxy) is 2. The topological polar surface area (TPSA) is 41.9 Å². The Morgan fingerprint density at radius 2 is 1.86 bits per heavy atom. The van der Waals surface area contributed by atoms with Gasteiger partial charge in [0.1, 0.15) is 0 Å². The van der Waals surface area contributed by atoms with Crippen LogP contribution in [0.25, 0.3) is 0 Å². The molecule has 0 radical (unpaired) electrons. The van der Waals surface area contributed by atoms with Crippen LogP contribution < -0.4 is 9.47 Å². The number of likely N-dealkylation sites (tertiary alicyclic amines) is 1. The van der Waals surface area contributed by atoms with Crippen LogP contribution in [0.4, 0.5) is 0 Å². The zero-order valence-electron chi connectivity index (χ0n) is 13.4. The maximum atomic E-state index is 9.63. The van der Waals surface area contributed by atoms with Crippen molar-refractivity contribution in [2.45, 2.75) is 45.2 Å². The van der Waals surface area contributed by atoms with Gasteiger partial charge >= 0.3 is 0 Å². The van der Waals surface area contributed by atoms with Gasteiger partial charge in [-0.2, -0.15) is 0 Å². The van der Waals surface area contributed by atoms with Gasteiger partial charge in [-0.25, -0.2) is 0 Å². The van der Waals surface area contributed by atoms with Crippen molar-refractivity contribution in [1.82, 2.24) is 4.90 Å². The monoisotopic (exact) mass is 293 g/mol. The SMILES string of the molecule is COc1cc(C)c(CN2CCCCCC2CO)cc1OC. The maximum Gasteiger partial charge on any atom is 0.161 e. The highest BCUT2D eigenvalue weighted by atomic mass is 16.5. The Morgan fingerprint density at radius 1 is 1.14 bits per heavy atom. The number of aliphatic hydroxyl groups is 1. The second-order valence-corrected chi connectivity index (χ2v) is 5.79. The molecular weight excluding hydrogens is 266 g/mol. The van der Waals surface area contributed by atoms with E-state index in [0.717, 1.165) is 31.0 Å². The lowest BCUT2D eigenvalue weighted by Crippen LogP contribution is -2.37. The molecule has 1 aliphatic heterocycles. The molecule has 1 unspecified atom stereocenters. The van der Waals surface area contributed by atoms with E-state index in [9.17, 15) is 5.11 Å². The molecule has 0 aromatic heterocycles. The number of methoxy groups -OCH3 is 2. The molecule has 118 valence electrons. The van der Waals surface area contributed by atoms with Crippen LogP contribution in [0.2, 0.25) is 0 Å². The summed E-state index contributed by atoms with van der Waals surface area (Å²) >= 11 is 0. The van der Waals surface area contributed by atoms with Crippen molar-refractivity contribution in [2.75, 3.05) is 27.4 Å². The lowest BCUT2D eigenvalue weighted by molar-refractivity contribution is 0.118. The van der Waals surface area contributed by atoms with E-state index in [0.29, 0.717) is 0 Å². The first-order valence-corrected chi connectivity index (χ1v) is 7.76. The lowest BCUT2D eigenvalue weighted by Gasteiger charge is -2.29. The average Bonchev–Trinajstić information content (AvgIpc) is 2.73. The number of aryl methyl sites for hydroxylation is 1. The Hall–Kier alpha value is -1.26. The molecule has 0 amide bonds. The summed E-state index contributed by atoms with van der Waals surface area (Å²) in [6, 6.07) is 4.37. The van der Waals surface area contributed by atoms with Gasteiger partial charge in [-0.15, -0.1) is 0 Å². The Morgan fingerprint density at radius 3 is 2.52 bits per heavy atom.